The molecule has 2 aromatic rings. The fourth-order valence-corrected chi connectivity index (χ4v) is 3.96. The molecular weight excluding hydrogens is 328 g/mol. The molecule has 7 heteroatoms. The lowest BCUT2D eigenvalue weighted by Gasteiger charge is -2.25. The first kappa shape index (κ1) is 16.0. The number of carbonyl (C=O) groups excluding carboxylic acids is 1. The van der Waals surface area contributed by atoms with Crippen LogP contribution in [0.4, 0.5) is 11.5 Å². The molecule has 1 aromatic heterocycles. The Morgan fingerprint density at radius 1 is 1.27 bits per heavy atom. The minimum absolute atomic E-state index is 0.178. The van der Waals surface area contributed by atoms with Crippen LogP contribution in [0.3, 0.4) is 0 Å². The minimum atomic E-state index is -0.960. The molecule has 3 heterocycles. The molecule has 128 valence electrons. The lowest BCUT2D eigenvalue weighted by Crippen LogP contribution is -2.42. The van der Waals surface area contributed by atoms with E-state index in [9.17, 15) is 15.3 Å². The highest BCUT2D eigenvalue weighted by Crippen LogP contribution is 2.48. The second-order valence-corrected chi connectivity index (χ2v) is 6.75. The topological polar surface area (TPSA) is 106 Å². The highest BCUT2D eigenvalue weighted by atomic mass is 16.2. The van der Waals surface area contributed by atoms with Gasteiger partial charge in [0.05, 0.1) is 17.7 Å². The minimum Gasteiger partial charge on any atom is -0.351 e. The van der Waals surface area contributed by atoms with Gasteiger partial charge in [-0.05, 0) is 31.0 Å². The van der Waals surface area contributed by atoms with Crippen molar-refractivity contribution in [3.63, 3.8) is 0 Å². The summed E-state index contributed by atoms with van der Waals surface area (Å²) in [6.07, 6.45) is 0. The normalized spacial score (nSPS) is 23.5. The molecule has 1 fully saturated rings. The zero-order valence-electron chi connectivity index (χ0n) is 14.4. The summed E-state index contributed by atoms with van der Waals surface area (Å²) in [5.74, 6) is -0.283. The van der Waals surface area contributed by atoms with Crippen LogP contribution in [0.15, 0.2) is 24.3 Å². The molecule has 0 radical (unpaired) electrons. The van der Waals surface area contributed by atoms with Gasteiger partial charge >= 0.3 is 0 Å². The van der Waals surface area contributed by atoms with E-state index >= 15 is 0 Å². The van der Waals surface area contributed by atoms with E-state index in [1.165, 1.54) is 0 Å². The molecule has 26 heavy (non-hydrogen) atoms. The van der Waals surface area contributed by atoms with Crippen LogP contribution in [0, 0.1) is 42.4 Å². The first-order chi connectivity index (χ1) is 12.5. The maximum Gasteiger partial charge on any atom is 0.238 e. The quantitative estimate of drug-likeness (QED) is 0.846. The van der Waals surface area contributed by atoms with Gasteiger partial charge in [-0.1, -0.05) is 18.2 Å². The van der Waals surface area contributed by atoms with Crippen LogP contribution in [0.5, 0.6) is 0 Å². The molecule has 1 aromatic carbocycles. The van der Waals surface area contributed by atoms with Crippen molar-refractivity contribution in [1.29, 1.82) is 10.5 Å². The average Bonchev–Trinajstić information content (AvgIpc) is 3.17. The van der Waals surface area contributed by atoms with Crippen LogP contribution in [0.1, 0.15) is 22.4 Å². The Morgan fingerprint density at radius 2 is 2.04 bits per heavy atom. The van der Waals surface area contributed by atoms with Gasteiger partial charge in [-0.25, -0.2) is 0 Å². The molecule has 0 aliphatic carbocycles. The van der Waals surface area contributed by atoms with Crippen LogP contribution in [0.25, 0.3) is 0 Å². The number of nitriles is 2. The molecule has 2 atom stereocenters. The van der Waals surface area contributed by atoms with Crippen molar-refractivity contribution in [2.45, 2.75) is 19.3 Å². The molecule has 4 rings (SSSR count). The second-order valence-electron chi connectivity index (χ2n) is 6.75. The predicted molar refractivity (Wildman–Crippen MR) is 94.3 cm³/mol. The van der Waals surface area contributed by atoms with Crippen molar-refractivity contribution in [2.24, 2.45) is 5.92 Å². The number of carbonyl (C=O) groups is 1. The summed E-state index contributed by atoms with van der Waals surface area (Å²) in [5, 5.41) is 30.6. The third kappa shape index (κ3) is 1.94. The Hall–Kier alpha value is -3.45. The van der Waals surface area contributed by atoms with Gasteiger partial charge in [0.25, 0.3) is 0 Å². The van der Waals surface area contributed by atoms with E-state index in [0.29, 0.717) is 30.2 Å². The van der Waals surface area contributed by atoms with Gasteiger partial charge in [0.15, 0.2) is 5.82 Å². The number of nitrogens with zero attached hydrogens (tertiary/aromatic N) is 5. The molecule has 1 spiro atoms. The molecule has 0 saturated carbocycles. The fraction of sp³-hybridized carbons (Fsp3) is 0.316. The van der Waals surface area contributed by atoms with Gasteiger partial charge in [0.1, 0.15) is 17.0 Å². The number of hydrogen-bond acceptors (Lipinski definition) is 6. The summed E-state index contributed by atoms with van der Waals surface area (Å²) in [6, 6.07) is 11.9. The Bertz CT molecular complexity index is 1020. The summed E-state index contributed by atoms with van der Waals surface area (Å²) < 4.78 is 0. The van der Waals surface area contributed by atoms with Crippen LogP contribution in [-0.4, -0.2) is 29.2 Å². The zero-order chi connectivity index (χ0) is 18.5. The fourth-order valence-electron chi connectivity index (χ4n) is 3.96. The summed E-state index contributed by atoms with van der Waals surface area (Å²) in [5.41, 5.74) is 2.51. The molecule has 0 unspecified atom stereocenters. The summed E-state index contributed by atoms with van der Waals surface area (Å²) in [7, 11) is 0. The van der Waals surface area contributed by atoms with Gasteiger partial charge in [0, 0.05) is 18.8 Å². The molecule has 7 nitrogen and oxygen atoms in total. The number of benzene rings is 1. The van der Waals surface area contributed by atoms with Crippen LogP contribution >= 0.6 is 0 Å². The lowest BCUT2D eigenvalue weighted by molar-refractivity contribution is -0.120. The highest BCUT2D eigenvalue weighted by Gasteiger charge is 2.58. The van der Waals surface area contributed by atoms with Crippen molar-refractivity contribution < 1.29 is 4.79 Å². The molecule has 2 aliphatic heterocycles. The Kier molecular flexibility index (Phi) is 3.41. The molecule has 2 aliphatic rings. The number of nitrogens with one attached hydrogen (secondary N) is 1. The SMILES string of the molecule is Cc1nnc(N2C[C@H](C#N)[C@]3(C2)C(=O)Nc2ccccc23)c(C#N)c1C. The lowest BCUT2D eigenvalue weighted by atomic mass is 9.74. The first-order valence-corrected chi connectivity index (χ1v) is 8.32. The van der Waals surface area contributed by atoms with Gasteiger partial charge in [0.2, 0.25) is 5.91 Å². The van der Waals surface area contributed by atoms with E-state index in [-0.39, 0.29) is 5.91 Å². The van der Waals surface area contributed by atoms with E-state index in [2.05, 4.69) is 27.7 Å². The van der Waals surface area contributed by atoms with E-state index in [4.69, 9.17) is 0 Å². The van der Waals surface area contributed by atoms with E-state index in [1.54, 1.807) is 6.92 Å². The molecule has 1 N–H and O–H groups in total. The highest BCUT2D eigenvalue weighted by molar-refractivity contribution is 6.07. The number of para-hydroxylation sites is 1. The summed E-state index contributed by atoms with van der Waals surface area (Å²) in [4.78, 5) is 14.7. The molecule has 1 saturated heterocycles. The molecule has 1 amide bonds. The predicted octanol–water partition coefficient (Wildman–Crippen LogP) is 1.81. The number of aryl methyl sites for hydroxylation is 1. The number of fused-ring (bicyclic) bond motifs is 2. The number of hydrogen-bond donors (Lipinski definition) is 1. The number of anilines is 2. The maximum atomic E-state index is 12.9. The maximum absolute atomic E-state index is 12.9. The van der Waals surface area contributed by atoms with Crippen LogP contribution < -0.4 is 10.2 Å². The van der Waals surface area contributed by atoms with Crippen LogP contribution in [0.2, 0.25) is 0 Å². The van der Waals surface area contributed by atoms with E-state index in [1.807, 2.05) is 36.1 Å². The average molecular weight is 344 g/mol. The largest absolute Gasteiger partial charge is 0.351 e. The Labute approximate surface area is 150 Å². The monoisotopic (exact) mass is 344 g/mol. The summed E-state index contributed by atoms with van der Waals surface area (Å²) >= 11 is 0. The zero-order valence-corrected chi connectivity index (χ0v) is 14.4. The smallest absolute Gasteiger partial charge is 0.238 e. The van der Waals surface area contributed by atoms with Crippen LogP contribution in [-0.2, 0) is 10.2 Å². The van der Waals surface area contributed by atoms with E-state index < -0.39 is 11.3 Å². The Balaban J connectivity index is 1.84. The standard InChI is InChI=1S/C19H16N6O/c1-11-12(2)23-24-17(14(11)8-21)25-9-13(7-20)19(10-25)15-5-3-4-6-16(15)22-18(19)26/h3-6,13H,9-10H2,1-2H3,(H,22,26)/t13-,19-/m0/s1. The van der Waals surface area contributed by atoms with Gasteiger partial charge < -0.3 is 10.2 Å². The third-order valence-electron chi connectivity index (χ3n) is 5.50. The Morgan fingerprint density at radius 3 is 2.77 bits per heavy atom. The van der Waals surface area contributed by atoms with Crippen molar-refractivity contribution in [2.75, 3.05) is 23.3 Å². The molecular formula is C19H16N6O. The van der Waals surface area contributed by atoms with E-state index in [0.717, 1.165) is 16.8 Å². The number of rotatable bonds is 1. The van der Waals surface area contributed by atoms with Crippen molar-refractivity contribution >= 4 is 17.4 Å². The summed E-state index contributed by atoms with van der Waals surface area (Å²) in [6.45, 7) is 4.25. The first-order valence-electron chi connectivity index (χ1n) is 8.32. The van der Waals surface area contributed by atoms with Crippen molar-refractivity contribution in [3.8, 4) is 12.1 Å². The van der Waals surface area contributed by atoms with Gasteiger partial charge in [-0.3, -0.25) is 4.79 Å². The second kappa shape index (κ2) is 5.53. The molecule has 0 bridgehead atoms. The number of amides is 1. The van der Waals surface area contributed by atoms with Crippen molar-refractivity contribution in [1.82, 2.24) is 10.2 Å². The van der Waals surface area contributed by atoms with Gasteiger partial charge in [-0.2, -0.15) is 15.6 Å². The van der Waals surface area contributed by atoms with Gasteiger partial charge in [-0.15, -0.1) is 5.10 Å². The third-order valence-corrected chi connectivity index (χ3v) is 5.50. The number of aromatic nitrogens is 2. The van der Waals surface area contributed by atoms with Crippen molar-refractivity contribution in [3.05, 3.63) is 46.6 Å².